The molecule has 3 N–H and O–H groups in total. The summed E-state index contributed by atoms with van der Waals surface area (Å²) in [5, 5.41) is 30.1. The first-order valence-electron chi connectivity index (χ1n) is 17.2. The first-order valence-corrected chi connectivity index (χ1v) is 17.6. The van der Waals surface area contributed by atoms with Gasteiger partial charge in [-0.3, -0.25) is 10.2 Å². The van der Waals surface area contributed by atoms with Gasteiger partial charge in [-0.25, -0.2) is 9.48 Å². The van der Waals surface area contributed by atoms with Gasteiger partial charge in [0.25, 0.3) is 0 Å². The Balaban J connectivity index is 0.988. The second kappa shape index (κ2) is 13.4. The number of carbonyl (C=O) groups excluding carboxylic acids is 1. The van der Waals surface area contributed by atoms with Gasteiger partial charge < -0.3 is 19.7 Å². The summed E-state index contributed by atoms with van der Waals surface area (Å²) in [6.07, 6.45) is 9.22. The number of anilines is 2. The number of fused-ring (bicyclic) bond motifs is 2. The van der Waals surface area contributed by atoms with Crippen LogP contribution in [0.4, 0.5) is 16.3 Å². The van der Waals surface area contributed by atoms with Crippen LogP contribution in [-0.2, 0) is 31.3 Å². The highest BCUT2D eigenvalue weighted by molar-refractivity contribution is 6.32. The van der Waals surface area contributed by atoms with Crippen molar-refractivity contribution in [3.05, 3.63) is 69.9 Å². The molecule has 0 spiro atoms. The molecule has 0 saturated heterocycles. The van der Waals surface area contributed by atoms with Crippen molar-refractivity contribution >= 4 is 29.1 Å². The van der Waals surface area contributed by atoms with Crippen molar-refractivity contribution in [2.75, 3.05) is 30.3 Å². The summed E-state index contributed by atoms with van der Waals surface area (Å²) >= 11 is 6.20. The highest BCUT2D eigenvalue weighted by Gasteiger charge is 2.28. The van der Waals surface area contributed by atoms with E-state index in [0.29, 0.717) is 24.0 Å². The lowest BCUT2D eigenvalue weighted by Gasteiger charge is -2.29. The summed E-state index contributed by atoms with van der Waals surface area (Å²) in [4.78, 5) is 15.8. The van der Waals surface area contributed by atoms with Crippen molar-refractivity contribution in [2.45, 2.75) is 96.6 Å². The van der Waals surface area contributed by atoms with Crippen molar-refractivity contribution in [2.24, 2.45) is 0 Å². The molecule has 254 valence electrons. The van der Waals surface area contributed by atoms with Crippen molar-refractivity contribution < 1.29 is 14.6 Å². The number of urea groups is 1. The van der Waals surface area contributed by atoms with E-state index in [1.807, 2.05) is 18.2 Å². The molecule has 1 fully saturated rings. The Bertz CT molecular complexity index is 1800. The molecule has 2 aromatic heterocycles. The Labute approximate surface area is 286 Å². The highest BCUT2D eigenvalue weighted by atomic mass is 35.5. The number of rotatable bonds is 8. The lowest BCUT2D eigenvalue weighted by atomic mass is 9.88. The Morgan fingerprint density at radius 1 is 1.00 bits per heavy atom. The normalized spacial score (nSPS) is 16.8. The van der Waals surface area contributed by atoms with Gasteiger partial charge in [0, 0.05) is 42.7 Å². The van der Waals surface area contributed by atoms with Crippen LogP contribution in [0.5, 0.6) is 11.5 Å². The summed E-state index contributed by atoms with van der Waals surface area (Å²) in [5.74, 6) is 4.21. The number of ether oxygens (including phenoxy) is 1. The minimum atomic E-state index is -0.367. The average Bonchev–Trinajstić information content (AvgIpc) is 3.83. The van der Waals surface area contributed by atoms with Gasteiger partial charge in [0.1, 0.15) is 35.6 Å². The van der Waals surface area contributed by atoms with Crippen molar-refractivity contribution in [1.29, 1.82) is 0 Å². The van der Waals surface area contributed by atoms with E-state index in [4.69, 9.17) is 21.4 Å². The molecule has 3 heterocycles. The van der Waals surface area contributed by atoms with E-state index in [9.17, 15) is 9.90 Å². The predicted octanol–water partition coefficient (Wildman–Crippen LogP) is 7.20. The van der Waals surface area contributed by atoms with E-state index in [-0.39, 0.29) is 22.2 Å². The van der Waals surface area contributed by atoms with Gasteiger partial charge in [0.05, 0.1) is 22.9 Å². The maximum Gasteiger partial charge on any atom is 0.324 e. The number of hydrogen-bond donors (Lipinski definition) is 3. The van der Waals surface area contributed by atoms with Crippen molar-refractivity contribution in [3.63, 3.8) is 0 Å². The number of halogens is 1. The van der Waals surface area contributed by atoms with Gasteiger partial charge >= 0.3 is 6.03 Å². The Hall–Kier alpha value is -4.09. The van der Waals surface area contributed by atoms with Crippen LogP contribution in [0, 0.1) is 0 Å². The van der Waals surface area contributed by atoms with Gasteiger partial charge in [-0.2, -0.15) is 5.10 Å². The molecule has 0 unspecified atom stereocenters. The number of nitrogens with one attached hydrogen (secondary N) is 2. The Kier molecular flexibility index (Phi) is 9.08. The van der Waals surface area contributed by atoms with Crippen LogP contribution in [0.2, 0.25) is 5.02 Å². The first kappa shape index (κ1) is 32.5. The molecule has 48 heavy (non-hydrogen) atoms. The minimum absolute atomic E-state index is 0.0164. The van der Waals surface area contributed by atoms with E-state index in [0.717, 1.165) is 74.0 Å². The minimum Gasteiger partial charge on any atom is -0.506 e. The zero-order valence-corrected chi connectivity index (χ0v) is 28.8. The maximum absolute atomic E-state index is 13.4. The SMILES string of the molecule is CC(C)(C)c1cc(NC(=O)Nc2ccc(OCCN3CCn4c(nnc4C4CCCCC4)C3)c3c2CCC3)n(-c2ccc(O)c(Cl)c2)n1. The van der Waals surface area contributed by atoms with E-state index < -0.39 is 0 Å². The lowest BCUT2D eigenvalue weighted by molar-refractivity contribution is 0.172. The molecular formula is C36H45ClN8O3. The smallest absolute Gasteiger partial charge is 0.324 e. The number of phenols is 1. The van der Waals surface area contributed by atoms with Crippen LogP contribution < -0.4 is 15.4 Å². The lowest BCUT2D eigenvalue weighted by Crippen LogP contribution is -2.37. The summed E-state index contributed by atoms with van der Waals surface area (Å²) in [6, 6.07) is 10.3. The Morgan fingerprint density at radius 2 is 1.81 bits per heavy atom. The monoisotopic (exact) mass is 672 g/mol. The predicted molar refractivity (Wildman–Crippen MR) is 187 cm³/mol. The van der Waals surface area contributed by atoms with E-state index in [1.54, 1.807) is 16.8 Å². The quantitative estimate of drug-likeness (QED) is 0.181. The molecule has 3 aliphatic rings. The van der Waals surface area contributed by atoms with E-state index in [1.165, 1.54) is 49.6 Å². The maximum atomic E-state index is 13.4. The molecule has 0 radical (unpaired) electrons. The van der Waals surface area contributed by atoms with Gasteiger partial charge in [0.2, 0.25) is 0 Å². The van der Waals surface area contributed by atoms with E-state index in [2.05, 4.69) is 51.1 Å². The fraction of sp³-hybridized carbons (Fsp3) is 0.500. The summed E-state index contributed by atoms with van der Waals surface area (Å²) in [7, 11) is 0. The van der Waals surface area contributed by atoms with E-state index >= 15 is 0 Å². The number of benzene rings is 2. The third-order valence-corrected chi connectivity index (χ3v) is 10.2. The van der Waals surface area contributed by atoms with Crippen molar-refractivity contribution in [1.82, 2.24) is 29.4 Å². The molecule has 4 aromatic rings. The van der Waals surface area contributed by atoms with Crippen LogP contribution >= 0.6 is 11.6 Å². The topological polar surface area (TPSA) is 122 Å². The molecule has 7 rings (SSSR count). The fourth-order valence-electron chi connectivity index (χ4n) is 7.22. The molecule has 2 aromatic carbocycles. The average molecular weight is 673 g/mol. The summed E-state index contributed by atoms with van der Waals surface area (Å²) < 4.78 is 10.4. The number of hydrogen-bond acceptors (Lipinski definition) is 7. The largest absolute Gasteiger partial charge is 0.506 e. The second-order valence-electron chi connectivity index (χ2n) is 14.3. The molecule has 0 atom stereocenters. The first-order chi connectivity index (χ1) is 23.1. The molecule has 11 nitrogen and oxygen atoms in total. The highest BCUT2D eigenvalue weighted by Crippen LogP contribution is 2.37. The number of phenolic OH excluding ortho intramolecular Hbond substituents is 1. The second-order valence-corrected chi connectivity index (χ2v) is 14.7. The standard InChI is InChI=1S/C36H45ClN8O3/c1-36(2,3)31-21-32(45(42-31)24-12-14-29(46)27(37)20-24)39-35(47)38-28-13-15-30(26-11-7-10-25(26)28)48-19-18-43-16-17-44-33(22-43)40-41-34(44)23-8-5-4-6-9-23/h12-15,20-21,23,46H,4-11,16-19,22H2,1-3H3,(H2,38,39,47). The number of aromatic nitrogens is 5. The molecule has 12 heteroatoms. The molecule has 1 saturated carbocycles. The number of aromatic hydroxyl groups is 1. The molecule has 1 aliphatic heterocycles. The molecule has 0 bridgehead atoms. The number of carbonyl (C=O) groups is 1. The van der Waals surface area contributed by atoms with Crippen LogP contribution in [0.25, 0.3) is 5.69 Å². The Morgan fingerprint density at radius 3 is 2.60 bits per heavy atom. The van der Waals surface area contributed by atoms with Gasteiger partial charge in [-0.15, -0.1) is 10.2 Å². The zero-order chi connectivity index (χ0) is 33.4. The molecule has 2 amide bonds. The van der Waals surface area contributed by atoms with Crippen LogP contribution in [0.15, 0.2) is 36.4 Å². The van der Waals surface area contributed by atoms with Crippen LogP contribution in [0.1, 0.15) is 93.7 Å². The summed E-state index contributed by atoms with van der Waals surface area (Å²) in [6.45, 7) is 10.3. The van der Waals surface area contributed by atoms with Crippen LogP contribution in [-0.4, -0.2) is 60.3 Å². The zero-order valence-electron chi connectivity index (χ0n) is 28.1. The number of amides is 2. The van der Waals surface area contributed by atoms with Gasteiger partial charge in [-0.1, -0.05) is 51.6 Å². The van der Waals surface area contributed by atoms with Crippen LogP contribution in [0.3, 0.4) is 0 Å². The number of nitrogens with zero attached hydrogens (tertiary/aromatic N) is 6. The fourth-order valence-corrected chi connectivity index (χ4v) is 7.40. The third kappa shape index (κ3) is 6.75. The molecular weight excluding hydrogens is 628 g/mol. The molecule has 2 aliphatic carbocycles. The van der Waals surface area contributed by atoms with Gasteiger partial charge in [0.15, 0.2) is 0 Å². The van der Waals surface area contributed by atoms with Crippen molar-refractivity contribution in [3.8, 4) is 17.2 Å². The third-order valence-electron chi connectivity index (χ3n) is 9.88. The van der Waals surface area contributed by atoms with Gasteiger partial charge in [-0.05, 0) is 73.6 Å². The summed E-state index contributed by atoms with van der Waals surface area (Å²) in [5.41, 5.74) is 4.26.